The summed E-state index contributed by atoms with van der Waals surface area (Å²) in [7, 11) is 0. The van der Waals surface area contributed by atoms with E-state index in [2.05, 4.69) is 0 Å². The lowest BCUT2D eigenvalue weighted by molar-refractivity contribution is -0.135. The summed E-state index contributed by atoms with van der Waals surface area (Å²) in [6.07, 6.45) is 2.63. The van der Waals surface area contributed by atoms with Crippen molar-refractivity contribution < 1.29 is 14.3 Å². The zero-order valence-corrected chi connectivity index (χ0v) is 15.8. The van der Waals surface area contributed by atoms with Crippen molar-refractivity contribution in [3.63, 3.8) is 0 Å². The first-order valence-corrected chi connectivity index (χ1v) is 9.05. The van der Waals surface area contributed by atoms with Gasteiger partial charge in [-0.15, -0.1) is 0 Å². The van der Waals surface area contributed by atoms with Gasteiger partial charge in [-0.3, -0.25) is 4.79 Å². The number of amides is 2. The summed E-state index contributed by atoms with van der Waals surface area (Å²) in [5, 5.41) is 0. The molecule has 0 aromatic rings. The predicted octanol–water partition coefficient (Wildman–Crippen LogP) is 2.22. The quantitative estimate of drug-likeness (QED) is 0.837. The number of rotatable bonds is 2. The molecule has 0 aliphatic carbocycles. The fourth-order valence-electron chi connectivity index (χ4n) is 3.52. The Hall–Kier alpha value is -1.30. The topological polar surface area (TPSA) is 75.9 Å². The second-order valence-corrected chi connectivity index (χ2v) is 8.75. The van der Waals surface area contributed by atoms with Crippen LogP contribution in [0.5, 0.6) is 0 Å². The van der Waals surface area contributed by atoms with Crippen LogP contribution in [0.15, 0.2) is 0 Å². The average Bonchev–Trinajstić information content (AvgIpc) is 2.89. The highest BCUT2D eigenvalue weighted by Crippen LogP contribution is 2.40. The Labute approximate surface area is 145 Å². The third kappa shape index (κ3) is 4.41. The first kappa shape index (κ1) is 19.0. The van der Waals surface area contributed by atoms with Crippen molar-refractivity contribution in [2.45, 2.75) is 65.5 Å². The van der Waals surface area contributed by atoms with Crippen molar-refractivity contribution in [1.82, 2.24) is 9.80 Å². The summed E-state index contributed by atoms with van der Waals surface area (Å²) in [4.78, 5) is 28.4. The van der Waals surface area contributed by atoms with Crippen LogP contribution in [0.25, 0.3) is 0 Å². The van der Waals surface area contributed by atoms with Gasteiger partial charge in [0.1, 0.15) is 5.60 Å². The third-order valence-corrected chi connectivity index (χ3v) is 5.23. The molecule has 2 amide bonds. The summed E-state index contributed by atoms with van der Waals surface area (Å²) in [6, 6.07) is -0.416. The van der Waals surface area contributed by atoms with E-state index in [9.17, 15) is 9.59 Å². The summed E-state index contributed by atoms with van der Waals surface area (Å²) in [5.74, 6) is 0.212. The van der Waals surface area contributed by atoms with Gasteiger partial charge in [0, 0.05) is 26.2 Å². The second kappa shape index (κ2) is 6.90. The van der Waals surface area contributed by atoms with E-state index in [4.69, 9.17) is 10.5 Å². The van der Waals surface area contributed by atoms with Gasteiger partial charge in [0.15, 0.2) is 0 Å². The molecular weight excluding hydrogens is 306 g/mol. The maximum atomic E-state index is 12.4. The molecule has 2 saturated heterocycles. The van der Waals surface area contributed by atoms with Gasteiger partial charge in [-0.2, -0.15) is 0 Å². The Bertz CT molecular complexity index is 476. The molecule has 6 nitrogen and oxygen atoms in total. The summed E-state index contributed by atoms with van der Waals surface area (Å²) in [5.41, 5.74) is 5.67. The van der Waals surface area contributed by atoms with Gasteiger partial charge in [0.05, 0.1) is 6.04 Å². The van der Waals surface area contributed by atoms with E-state index in [0.717, 1.165) is 45.4 Å². The predicted molar refractivity (Wildman–Crippen MR) is 93.5 cm³/mol. The zero-order chi connectivity index (χ0) is 18.1. The Kier molecular flexibility index (Phi) is 5.47. The van der Waals surface area contributed by atoms with Gasteiger partial charge < -0.3 is 20.3 Å². The third-order valence-electron chi connectivity index (χ3n) is 5.23. The second-order valence-electron chi connectivity index (χ2n) is 8.75. The number of ether oxygens (including phenoxy) is 1. The van der Waals surface area contributed by atoms with Crippen LogP contribution >= 0.6 is 0 Å². The highest BCUT2D eigenvalue weighted by Gasteiger charge is 2.44. The fourth-order valence-corrected chi connectivity index (χ4v) is 3.52. The van der Waals surface area contributed by atoms with Gasteiger partial charge in [-0.1, -0.05) is 13.8 Å². The largest absolute Gasteiger partial charge is 0.444 e. The normalized spacial score (nSPS) is 22.1. The smallest absolute Gasteiger partial charge is 0.410 e. The minimum absolute atomic E-state index is 0.0573. The molecular formula is C18H33N3O3. The van der Waals surface area contributed by atoms with Crippen LogP contribution in [0.4, 0.5) is 4.79 Å². The summed E-state index contributed by atoms with van der Waals surface area (Å²) >= 11 is 0. The minimum Gasteiger partial charge on any atom is -0.444 e. The van der Waals surface area contributed by atoms with Crippen LogP contribution < -0.4 is 5.73 Å². The highest BCUT2D eigenvalue weighted by molar-refractivity contribution is 5.82. The molecule has 1 unspecified atom stereocenters. The van der Waals surface area contributed by atoms with Crippen molar-refractivity contribution in [2.75, 3.05) is 26.2 Å². The van der Waals surface area contributed by atoms with E-state index < -0.39 is 11.6 Å². The standard InChI is InChI=1S/C18H33N3O3/c1-13(2)14(19)15(22)20-9-6-18(7-10-20)8-11-21(12-18)16(23)24-17(3,4)5/h13-14H,6-12,19H2,1-5H3. The molecule has 0 bridgehead atoms. The van der Waals surface area contributed by atoms with Crippen molar-refractivity contribution >= 4 is 12.0 Å². The number of carbonyl (C=O) groups excluding carboxylic acids is 2. The lowest BCUT2D eigenvalue weighted by Gasteiger charge is -2.40. The van der Waals surface area contributed by atoms with E-state index in [1.54, 1.807) is 0 Å². The van der Waals surface area contributed by atoms with Gasteiger partial charge in [-0.05, 0) is 51.4 Å². The SMILES string of the molecule is CC(C)C(N)C(=O)N1CCC2(CCN(C(=O)OC(C)(C)C)C2)CC1. The molecule has 138 valence electrons. The summed E-state index contributed by atoms with van der Waals surface area (Å²) < 4.78 is 5.48. The van der Waals surface area contributed by atoms with Gasteiger partial charge in [0.2, 0.25) is 5.91 Å². The number of hydrogen-bond donors (Lipinski definition) is 1. The minimum atomic E-state index is -0.463. The van der Waals surface area contributed by atoms with Gasteiger partial charge in [0.25, 0.3) is 0 Å². The van der Waals surface area contributed by atoms with Gasteiger partial charge in [-0.25, -0.2) is 4.79 Å². The molecule has 1 atom stereocenters. The molecule has 24 heavy (non-hydrogen) atoms. The van der Waals surface area contributed by atoms with Crippen molar-refractivity contribution in [3.8, 4) is 0 Å². The summed E-state index contributed by atoms with van der Waals surface area (Å²) in [6.45, 7) is 12.6. The monoisotopic (exact) mass is 339 g/mol. The van der Waals surface area contributed by atoms with E-state index in [0.29, 0.717) is 0 Å². The molecule has 0 radical (unpaired) electrons. The van der Waals surface area contributed by atoms with Gasteiger partial charge >= 0.3 is 6.09 Å². The molecule has 2 fully saturated rings. The molecule has 2 heterocycles. The van der Waals surface area contributed by atoms with Crippen molar-refractivity contribution in [2.24, 2.45) is 17.1 Å². The molecule has 2 rings (SSSR count). The van der Waals surface area contributed by atoms with Crippen LogP contribution in [0.1, 0.15) is 53.9 Å². The van der Waals surface area contributed by atoms with Crippen molar-refractivity contribution in [3.05, 3.63) is 0 Å². The first-order valence-electron chi connectivity index (χ1n) is 9.05. The number of carbonyl (C=O) groups is 2. The molecule has 0 saturated carbocycles. The maximum Gasteiger partial charge on any atom is 0.410 e. The number of piperidine rings is 1. The maximum absolute atomic E-state index is 12.4. The van der Waals surface area contributed by atoms with Crippen LogP contribution in [0.3, 0.4) is 0 Å². The number of hydrogen-bond acceptors (Lipinski definition) is 4. The lowest BCUT2D eigenvalue weighted by atomic mass is 9.77. The Morgan fingerprint density at radius 3 is 2.00 bits per heavy atom. The lowest BCUT2D eigenvalue weighted by Crippen LogP contribution is -2.51. The van der Waals surface area contributed by atoms with E-state index in [1.165, 1.54) is 0 Å². The zero-order valence-electron chi connectivity index (χ0n) is 15.8. The Balaban J connectivity index is 1.88. The van der Waals surface area contributed by atoms with E-state index >= 15 is 0 Å². The molecule has 1 spiro atoms. The Morgan fingerprint density at radius 1 is 1.04 bits per heavy atom. The Morgan fingerprint density at radius 2 is 1.54 bits per heavy atom. The van der Waals surface area contributed by atoms with Crippen LogP contribution in [-0.4, -0.2) is 59.6 Å². The number of nitrogens with two attached hydrogens (primary N) is 1. The number of nitrogens with zero attached hydrogens (tertiary/aromatic N) is 2. The van der Waals surface area contributed by atoms with Crippen molar-refractivity contribution in [1.29, 1.82) is 0 Å². The van der Waals surface area contributed by atoms with Crippen LogP contribution in [0.2, 0.25) is 0 Å². The van der Waals surface area contributed by atoms with Crippen LogP contribution in [-0.2, 0) is 9.53 Å². The molecule has 2 aliphatic heterocycles. The molecule has 0 aromatic heterocycles. The van der Waals surface area contributed by atoms with E-state index in [-0.39, 0.29) is 23.3 Å². The highest BCUT2D eigenvalue weighted by atomic mass is 16.6. The van der Waals surface area contributed by atoms with Crippen LogP contribution in [0, 0.1) is 11.3 Å². The molecule has 2 aliphatic rings. The average molecular weight is 339 g/mol. The molecule has 0 aromatic carbocycles. The first-order chi connectivity index (χ1) is 11.0. The molecule has 6 heteroatoms. The van der Waals surface area contributed by atoms with E-state index in [1.807, 2.05) is 44.4 Å². The number of likely N-dealkylation sites (tertiary alicyclic amines) is 2. The molecule has 2 N–H and O–H groups in total. The fraction of sp³-hybridized carbons (Fsp3) is 0.889.